The summed E-state index contributed by atoms with van der Waals surface area (Å²) >= 11 is 0. The van der Waals surface area contributed by atoms with Crippen LogP contribution in [0.2, 0.25) is 0 Å². The molecule has 10 aromatic rings. The minimum Gasteiger partial charge on any atom is -0.455 e. The molecule has 228 valence electrons. The van der Waals surface area contributed by atoms with E-state index in [9.17, 15) is 0 Å². The molecule has 1 heteroatoms. The molecule has 0 bridgehead atoms. The maximum absolute atomic E-state index is 6.71. The van der Waals surface area contributed by atoms with Gasteiger partial charge in [-0.1, -0.05) is 170 Å². The third-order valence-corrected chi connectivity index (χ3v) is 10.1. The van der Waals surface area contributed by atoms with Crippen molar-refractivity contribution in [2.75, 3.05) is 0 Å². The van der Waals surface area contributed by atoms with Crippen molar-refractivity contribution >= 4 is 54.3 Å². The van der Waals surface area contributed by atoms with Crippen LogP contribution in [0.25, 0.3) is 98.8 Å². The van der Waals surface area contributed by atoms with Crippen LogP contribution >= 0.6 is 0 Å². The van der Waals surface area contributed by atoms with E-state index >= 15 is 0 Å². The fourth-order valence-electron chi connectivity index (χ4n) is 7.98. The summed E-state index contributed by atoms with van der Waals surface area (Å²) in [6.45, 7) is 0. The van der Waals surface area contributed by atoms with Crippen LogP contribution in [-0.4, -0.2) is 0 Å². The van der Waals surface area contributed by atoms with Gasteiger partial charge in [0.25, 0.3) is 0 Å². The molecule has 1 heterocycles. The maximum atomic E-state index is 6.71. The Balaban J connectivity index is 1.33. The van der Waals surface area contributed by atoms with Gasteiger partial charge in [0.15, 0.2) is 0 Å². The minimum absolute atomic E-state index is 0.905. The van der Waals surface area contributed by atoms with E-state index in [1.807, 2.05) is 6.07 Å². The van der Waals surface area contributed by atoms with Crippen molar-refractivity contribution in [2.24, 2.45) is 0 Å². The van der Waals surface area contributed by atoms with E-state index in [0.717, 1.165) is 33.1 Å². The third-order valence-electron chi connectivity index (χ3n) is 10.1. The number of hydrogen-bond donors (Lipinski definition) is 0. The van der Waals surface area contributed by atoms with Crippen molar-refractivity contribution in [2.45, 2.75) is 0 Å². The van der Waals surface area contributed by atoms with Crippen LogP contribution in [0.4, 0.5) is 0 Å². The van der Waals surface area contributed by atoms with Crippen LogP contribution < -0.4 is 0 Å². The Kier molecular flexibility index (Phi) is 6.25. The highest BCUT2D eigenvalue weighted by Gasteiger charge is 2.23. The van der Waals surface area contributed by atoms with E-state index in [2.05, 4.69) is 176 Å². The number of benzene rings is 9. The summed E-state index contributed by atoms with van der Waals surface area (Å²) in [4.78, 5) is 0. The number of fused-ring (bicyclic) bond motifs is 6. The highest BCUT2D eigenvalue weighted by molar-refractivity contribution is 6.26. The van der Waals surface area contributed by atoms with Crippen molar-refractivity contribution in [3.05, 3.63) is 182 Å². The summed E-state index contributed by atoms with van der Waals surface area (Å²) in [6, 6.07) is 65.6. The highest BCUT2D eigenvalue weighted by atomic mass is 16.3. The molecule has 0 unspecified atom stereocenters. The molecule has 49 heavy (non-hydrogen) atoms. The largest absolute Gasteiger partial charge is 0.455 e. The molecule has 0 aliphatic carbocycles. The molecule has 0 saturated heterocycles. The van der Waals surface area contributed by atoms with E-state index in [1.54, 1.807) is 0 Å². The van der Waals surface area contributed by atoms with Gasteiger partial charge in [-0.25, -0.2) is 0 Å². The van der Waals surface area contributed by atoms with Crippen molar-refractivity contribution < 1.29 is 4.42 Å². The molecule has 1 nitrogen and oxygen atoms in total. The van der Waals surface area contributed by atoms with Gasteiger partial charge in [0.05, 0.1) is 0 Å². The fourth-order valence-corrected chi connectivity index (χ4v) is 7.98. The van der Waals surface area contributed by atoms with Gasteiger partial charge >= 0.3 is 0 Å². The molecular formula is C48H30O. The van der Waals surface area contributed by atoms with Gasteiger partial charge in [0.1, 0.15) is 11.2 Å². The molecule has 0 amide bonds. The van der Waals surface area contributed by atoms with E-state index in [4.69, 9.17) is 4.42 Å². The molecule has 9 aromatic carbocycles. The second kappa shape index (κ2) is 11.1. The SMILES string of the molecule is c1ccc(-c2ccc(-c3c4ccccc4c(-c4ccc5c(oc6ccccc65)c4-c4ccccc4)c4ccccc34)c3ccccc23)cc1. The predicted molar refractivity (Wildman–Crippen MR) is 208 cm³/mol. The normalized spacial score (nSPS) is 11.7. The van der Waals surface area contributed by atoms with Crippen LogP contribution in [-0.2, 0) is 0 Å². The summed E-state index contributed by atoms with van der Waals surface area (Å²) in [7, 11) is 0. The lowest BCUT2D eigenvalue weighted by Crippen LogP contribution is -1.94. The average Bonchev–Trinajstić information content (AvgIpc) is 3.56. The van der Waals surface area contributed by atoms with Gasteiger partial charge in [-0.05, 0) is 83.4 Å². The molecule has 0 saturated carbocycles. The summed E-state index contributed by atoms with van der Waals surface area (Å²) < 4.78 is 6.71. The molecule has 0 atom stereocenters. The molecule has 0 N–H and O–H groups in total. The first-order chi connectivity index (χ1) is 24.3. The van der Waals surface area contributed by atoms with E-state index in [1.165, 1.54) is 65.7 Å². The number of hydrogen-bond acceptors (Lipinski definition) is 1. The third kappa shape index (κ3) is 4.26. The Bertz CT molecular complexity index is 2800. The second-order valence-electron chi connectivity index (χ2n) is 12.7. The Morgan fingerprint density at radius 1 is 0.245 bits per heavy atom. The van der Waals surface area contributed by atoms with Gasteiger partial charge in [-0.2, -0.15) is 0 Å². The summed E-state index contributed by atoms with van der Waals surface area (Å²) in [5, 5.41) is 9.69. The van der Waals surface area contributed by atoms with E-state index < -0.39 is 0 Å². The Morgan fingerprint density at radius 3 is 1.29 bits per heavy atom. The molecule has 0 radical (unpaired) electrons. The van der Waals surface area contributed by atoms with Crippen LogP contribution in [0.5, 0.6) is 0 Å². The lowest BCUT2D eigenvalue weighted by Gasteiger charge is -2.21. The Labute approximate surface area is 284 Å². The van der Waals surface area contributed by atoms with Crippen LogP contribution in [0.15, 0.2) is 186 Å². The topological polar surface area (TPSA) is 13.1 Å². The second-order valence-corrected chi connectivity index (χ2v) is 12.7. The quantitative estimate of drug-likeness (QED) is 0.178. The first kappa shape index (κ1) is 27.7. The predicted octanol–water partition coefficient (Wildman–Crippen LogP) is 13.7. The monoisotopic (exact) mass is 622 g/mol. The summed E-state index contributed by atoms with van der Waals surface area (Å²) in [5.74, 6) is 0. The van der Waals surface area contributed by atoms with E-state index in [0.29, 0.717) is 0 Å². The van der Waals surface area contributed by atoms with Crippen LogP contribution in [0, 0.1) is 0 Å². The van der Waals surface area contributed by atoms with E-state index in [-0.39, 0.29) is 0 Å². The first-order valence-electron chi connectivity index (χ1n) is 16.9. The van der Waals surface area contributed by atoms with Gasteiger partial charge in [-0.3, -0.25) is 0 Å². The summed E-state index contributed by atoms with van der Waals surface area (Å²) in [6.07, 6.45) is 0. The average molecular weight is 623 g/mol. The maximum Gasteiger partial charge on any atom is 0.143 e. The Morgan fingerprint density at radius 2 is 0.673 bits per heavy atom. The van der Waals surface area contributed by atoms with Crippen molar-refractivity contribution in [1.82, 2.24) is 0 Å². The highest BCUT2D eigenvalue weighted by Crippen LogP contribution is 2.50. The lowest BCUT2D eigenvalue weighted by atomic mass is 9.82. The number of rotatable bonds is 4. The van der Waals surface area contributed by atoms with Gasteiger partial charge in [-0.15, -0.1) is 0 Å². The van der Waals surface area contributed by atoms with Crippen LogP contribution in [0.3, 0.4) is 0 Å². The van der Waals surface area contributed by atoms with Crippen molar-refractivity contribution in [1.29, 1.82) is 0 Å². The summed E-state index contributed by atoms with van der Waals surface area (Å²) in [5.41, 5.74) is 11.5. The Hall–Kier alpha value is -6.44. The molecular weight excluding hydrogens is 593 g/mol. The van der Waals surface area contributed by atoms with Gasteiger partial charge < -0.3 is 4.42 Å². The molecule has 1 aromatic heterocycles. The molecule has 10 rings (SSSR count). The molecule has 0 aliphatic heterocycles. The number of para-hydroxylation sites is 1. The van der Waals surface area contributed by atoms with Gasteiger partial charge in [0.2, 0.25) is 0 Å². The smallest absolute Gasteiger partial charge is 0.143 e. The zero-order chi connectivity index (χ0) is 32.3. The molecule has 0 aliphatic rings. The number of furan rings is 1. The van der Waals surface area contributed by atoms with Crippen molar-refractivity contribution in [3.63, 3.8) is 0 Å². The standard InChI is InChI=1S/C48H30O/c1-3-15-31(16-4-1)33-27-28-41(35-20-8-7-19-34(33)35)46-37-22-9-11-24-39(37)47(40-25-12-10-23-38(40)46)43-30-29-42-36-21-13-14-26-44(36)49-48(42)45(43)32-17-5-2-6-18-32/h1-30H. The lowest BCUT2D eigenvalue weighted by molar-refractivity contribution is 0.670. The zero-order valence-corrected chi connectivity index (χ0v) is 26.7. The molecule has 0 spiro atoms. The van der Waals surface area contributed by atoms with Crippen molar-refractivity contribution in [3.8, 4) is 44.5 Å². The first-order valence-corrected chi connectivity index (χ1v) is 16.9. The zero-order valence-electron chi connectivity index (χ0n) is 26.7. The molecule has 0 fully saturated rings. The van der Waals surface area contributed by atoms with Crippen LogP contribution in [0.1, 0.15) is 0 Å². The minimum atomic E-state index is 0.905. The van der Waals surface area contributed by atoms with Gasteiger partial charge in [0, 0.05) is 16.3 Å². The fraction of sp³-hybridized carbons (Fsp3) is 0.